The Kier molecular flexibility index (Phi) is 5.84. The van der Waals surface area contributed by atoms with Crippen molar-refractivity contribution in [2.45, 2.75) is 6.54 Å². The molecule has 4 rings (SSSR count). The molecular weight excluding hydrogens is 389 g/mol. The van der Waals surface area contributed by atoms with Gasteiger partial charge in [0.2, 0.25) is 0 Å². The summed E-state index contributed by atoms with van der Waals surface area (Å²) in [7, 11) is 1.62. The molecule has 1 N–H and O–H groups in total. The lowest BCUT2D eigenvalue weighted by molar-refractivity contribution is 0.140. The standard InChI is InChI=1S/C20H22FN7O2/c1-30-18-8-6-17(7-9-18)28-19(23-24-25-28)14-26-10-12-27(13-11-26)20(29)22-16-4-2-15(21)3-5-16/h2-9H,10-14H2,1H3,(H,22,29). The SMILES string of the molecule is COc1ccc(-n2nnnc2CN2CCN(C(=O)Nc3ccc(F)cc3)CC2)cc1. The number of hydrogen-bond donors (Lipinski definition) is 1. The molecule has 2 heterocycles. The number of methoxy groups -OCH3 is 1. The number of halogens is 1. The van der Waals surface area contributed by atoms with Crippen molar-refractivity contribution in [1.82, 2.24) is 30.0 Å². The number of aromatic nitrogens is 4. The third kappa shape index (κ3) is 4.54. The number of nitrogens with one attached hydrogen (secondary N) is 1. The van der Waals surface area contributed by atoms with Crippen LogP contribution in [0.25, 0.3) is 5.69 Å². The summed E-state index contributed by atoms with van der Waals surface area (Å²) in [6.45, 7) is 3.14. The van der Waals surface area contributed by atoms with E-state index >= 15 is 0 Å². The van der Waals surface area contributed by atoms with Gasteiger partial charge in [-0.2, -0.15) is 4.68 Å². The van der Waals surface area contributed by atoms with Gasteiger partial charge in [0, 0.05) is 31.9 Å². The van der Waals surface area contributed by atoms with E-state index in [0.717, 1.165) is 17.3 Å². The molecule has 2 amide bonds. The van der Waals surface area contributed by atoms with Crippen molar-refractivity contribution in [1.29, 1.82) is 0 Å². The van der Waals surface area contributed by atoms with E-state index < -0.39 is 0 Å². The number of benzene rings is 2. The fourth-order valence-electron chi connectivity index (χ4n) is 3.27. The average molecular weight is 411 g/mol. The highest BCUT2D eigenvalue weighted by Gasteiger charge is 2.23. The van der Waals surface area contributed by atoms with Crippen LogP contribution in [0.2, 0.25) is 0 Å². The zero-order valence-electron chi connectivity index (χ0n) is 16.5. The average Bonchev–Trinajstić information content (AvgIpc) is 3.24. The zero-order valence-corrected chi connectivity index (χ0v) is 16.5. The summed E-state index contributed by atoms with van der Waals surface area (Å²) < 4.78 is 19.9. The first-order valence-electron chi connectivity index (χ1n) is 9.58. The number of urea groups is 1. The number of carbonyl (C=O) groups excluding carboxylic acids is 1. The van der Waals surface area contributed by atoms with Crippen LogP contribution in [0.3, 0.4) is 0 Å². The summed E-state index contributed by atoms with van der Waals surface area (Å²) in [5, 5.41) is 14.8. The van der Waals surface area contributed by atoms with Crippen LogP contribution in [0.15, 0.2) is 48.5 Å². The third-order valence-corrected chi connectivity index (χ3v) is 4.97. The fourth-order valence-corrected chi connectivity index (χ4v) is 3.27. The highest BCUT2D eigenvalue weighted by molar-refractivity contribution is 5.89. The second-order valence-corrected chi connectivity index (χ2v) is 6.91. The van der Waals surface area contributed by atoms with Gasteiger partial charge in [-0.1, -0.05) is 0 Å². The lowest BCUT2D eigenvalue weighted by Gasteiger charge is -2.34. The molecule has 0 radical (unpaired) electrons. The van der Waals surface area contributed by atoms with Crippen LogP contribution in [0.1, 0.15) is 5.82 Å². The smallest absolute Gasteiger partial charge is 0.321 e. The molecule has 0 unspecified atom stereocenters. The molecule has 1 aliphatic rings. The third-order valence-electron chi connectivity index (χ3n) is 4.97. The number of piperazine rings is 1. The number of rotatable bonds is 5. The van der Waals surface area contributed by atoms with E-state index in [4.69, 9.17) is 4.74 Å². The maximum Gasteiger partial charge on any atom is 0.321 e. The van der Waals surface area contributed by atoms with Crippen molar-refractivity contribution in [3.05, 3.63) is 60.2 Å². The fraction of sp³-hybridized carbons (Fsp3) is 0.300. The van der Waals surface area contributed by atoms with Crippen molar-refractivity contribution < 1.29 is 13.9 Å². The van der Waals surface area contributed by atoms with E-state index in [9.17, 15) is 9.18 Å². The number of anilines is 1. The van der Waals surface area contributed by atoms with Gasteiger partial charge in [-0.25, -0.2) is 9.18 Å². The number of hydrogen-bond acceptors (Lipinski definition) is 6. The minimum absolute atomic E-state index is 0.190. The molecule has 0 spiro atoms. The quantitative estimate of drug-likeness (QED) is 0.692. The van der Waals surface area contributed by atoms with Crippen molar-refractivity contribution >= 4 is 11.7 Å². The maximum atomic E-state index is 13.0. The molecule has 0 bridgehead atoms. The predicted molar refractivity (Wildman–Crippen MR) is 108 cm³/mol. The molecule has 10 heteroatoms. The van der Waals surface area contributed by atoms with Gasteiger partial charge in [-0.15, -0.1) is 5.10 Å². The van der Waals surface area contributed by atoms with Gasteiger partial charge >= 0.3 is 6.03 Å². The summed E-state index contributed by atoms with van der Waals surface area (Å²) in [5.41, 5.74) is 1.43. The van der Waals surface area contributed by atoms with E-state index in [1.807, 2.05) is 24.3 Å². The Morgan fingerprint density at radius 2 is 1.77 bits per heavy atom. The van der Waals surface area contributed by atoms with E-state index in [0.29, 0.717) is 38.4 Å². The summed E-state index contributed by atoms with van der Waals surface area (Å²) in [6.07, 6.45) is 0. The van der Waals surface area contributed by atoms with Crippen molar-refractivity contribution in [2.24, 2.45) is 0 Å². The number of carbonyl (C=O) groups is 1. The monoisotopic (exact) mass is 411 g/mol. The molecule has 1 fully saturated rings. The molecular formula is C20H22FN7O2. The van der Waals surface area contributed by atoms with Gasteiger partial charge in [-0.05, 0) is 59.0 Å². The second kappa shape index (κ2) is 8.87. The first-order valence-corrected chi connectivity index (χ1v) is 9.58. The zero-order chi connectivity index (χ0) is 20.9. The van der Waals surface area contributed by atoms with E-state index in [-0.39, 0.29) is 11.8 Å². The Labute approximate surface area is 173 Å². The van der Waals surface area contributed by atoms with Crippen LogP contribution in [-0.4, -0.2) is 69.3 Å². The molecule has 1 saturated heterocycles. The summed E-state index contributed by atoms with van der Waals surface area (Å²) in [5.74, 6) is 1.16. The largest absolute Gasteiger partial charge is 0.497 e. The van der Waals surface area contributed by atoms with Crippen molar-refractivity contribution in [3.8, 4) is 11.4 Å². The molecule has 0 aliphatic carbocycles. The molecule has 0 saturated carbocycles. The van der Waals surface area contributed by atoms with Crippen LogP contribution in [0, 0.1) is 5.82 Å². The highest BCUT2D eigenvalue weighted by Crippen LogP contribution is 2.16. The normalized spacial score (nSPS) is 14.5. The number of amides is 2. The molecule has 30 heavy (non-hydrogen) atoms. The molecule has 9 nitrogen and oxygen atoms in total. The number of tetrazole rings is 1. The van der Waals surface area contributed by atoms with Gasteiger partial charge in [0.25, 0.3) is 0 Å². The Bertz CT molecular complexity index is 983. The Morgan fingerprint density at radius 3 is 2.43 bits per heavy atom. The molecule has 0 atom stereocenters. The van der Waals surface area contributed by atoms with Crippen molar-refractivity contribution in [3.63, 3.8) is 0 Å². The van der Waals surface area contributed by atoms with Crippen LogP contribution in [-0.2, 0) is 6.54 Å². The topological polar surface area (TPSA) is 88.4 Å². The summed E-state index contributed by atoms with van der Waals surface area (Å²) >= 11 is 0. The Morgan fingerprint density at radius 1 is 1.07 bits per heavy atom. The molecule has 1 aromatic heterocycles. The lowest BCUT2D eigenvalue weighted by atomic mass is 10.3. The Hall–Kier alpha value is -3.53. The van der Waals surface area contributed by atoms with Crippen LogP contribution in [0.5, 0.6) is 5.75 Å². The van der Waals surface area contributed by atoms with E-state index in [1.54, 1.807) is 28.8 Å². The second-order valence-electron chi connectivity index (χ2n) is 6.91. The van der Waals surface area contributed by atoms with Gasteiger partial charge in [0.05, 0.1) is 19.3 Å². The minimum atomic E-state index is -0.335. The summed E-state index contributed by atoms with van der Waals surface area (Å²) in [4.78, 5) is 16.4. The molecule has 2 aromatic carbocycles. The van der Waals surface area contributed by atoms with Crippen LogP contribution < -0.4 is 10.1 Å². The van der Waals surface area contributed by atoms with Gasteiger partial charge < -0.3 is 15.0 Å². The van der Waals surface area contributed by atoms with E-state index in [2.05, 4.69) is 25.7 Å². The predicted octanol–water partition coefficient (Wildman–Crippen LogP) is 2.16. The molecule has 3 aromatic rings. The highest BCUT2D eigenvalue weighted by atomic mass is 19.1. The number of nitrogens with zero attached hydrogens (tertiary/aromatic N) is 6. The number of ether oxygens (including phenoxy) is 1. The van der Waals surface area contributed by atoms with Crippen LogP contribution >= 0.6 is 0 Å². The molecule has 1 aliphatic heterocycles. The van der Waals surface area contributed by atoms with Crippen molar-refractivity contribution in [2.75, 3.05) is 38.6 Å². The maximum absolute atomic E-state index is 13.0. The summed E-state index contributed by atoms with van der Waals surface area (Å²) in [6, 6.07) is 13.1. The molecule has 156 valence electrons. The lowest BCUT2D eigenvalue weighted by Crippen LogP contribution is -2.49. The first-order chi connectivity index (χ1) is 14.6. The van der Waals surface area contributed by atoms with Gasteiger partial charge in [0.15, 0.2) is 5.82 Å². The van der Waals surface area contributed by atoms with E-state index in [1.165, 1.54) is 12.1 Å². The van der Waals surface area contributed by atoms with Gasteiger partial charge in [-0.3, -0.25) is 4.90 Å². The Balaban J connectivity index is 1.32. The first kappa shape index (κ1) is 19.8. The minimum Gasteiger partial charge on any atom is -0.497 e. The van der Waals surface area contributed by atoms with Gasteiger partial charge in [0.1, 0.15) is 11.6 Å². The van der Waals surface area contributed by atoms with Crippen LogP contribution in [0.4, 0.5) is 14.9 Å².